The number of sulfonamides is 1. The first-order valence-electron chi connectivity index (χ1n) is 8.79. The van der Waals surface area contributed by atoms with Gasteiger partial charge in [0.25, 0.3) is 5.69 Å². The highest BCUT2D eigenvalue weighted by atomic mass is 32.2. The number of benzene rings is 1. The second kappa shape index (κ2) is 8.22. The van der Waals surface area contributed by atoms with Crippen LogP contribution in [0.4, 0.5) is 10.5 Å². The van der Waals surface area contributed by atoms with Crippen molar-refractivity contribution in [2.45, 2.75) is 44.0 Å². The summed E-state index contributed by atoms with van der Waals surface area (Å²) in [6.45, 7) is 7.11. The topological polar surface area (TPSA) is 122 Å². The van der Waals surface area contributed by atoms with E-state index in [0.29, 0.717) is 25.9 Å². The maximum atomic E-state index is 12.4. The van der Waals surface area contributed by atoms with Gasteiger partial charge in [-0.05, 0) is 45.6 Å². The third kappa shape index (κ3) is 6.17. The summed E-state index contributed by atoms with van der Waals surface area (Å²) in [6, 6.07) is 4.85. The van der Waals surface area contributed by atoms with Crippen molar-refractivity contribution in [2.24, 2.45) is 5.92 Å². The standard InChI is InChI=1S/C17H26N4O5S/c1-17(2,3)19-16(22)20-9-7-13(8-10-20)12-18-27(25,26)15-6-4-5-14(11-15)21(23)24/h4-6,11,13,18H,7-10,12H2,1-3H3,(H,19,22). The molecule has 1 fully saturated rings. The predicted octanol–water partition coefficient (Wildman–Crippen LogP) is 2.09. The van der Waals surface area contributed by atoms with Gasteiger partial charge < -0.3 is 10.2 Å². The molecule has 0 spiro atoms. The van der Waals surface area contributed by atoms with Gasteiger partial charge in [0.2, 0.25) is 10.0 Å². The monoisotopic (exact) mass is 398 g/mol. The van der Waals surface area contributed by atoms with Crippen LogP contribution in [-0.4, -0.2) is 49.4 Å². The molecule has 2 rings (SSSR count). The van der Waals surface area contributed by atoms with E-state index in [1.807, 2.05) is 20.8 Å². The Morgan fingerprint density at radius 1 is 1.30 bits per heavy atom. The molecule has 0 unspecified atom stereocenters. The van der Waals surface area contributed by atoms with E-state index in [9.17, 15) is 23.3 Å². The SMILES string of the molecule is CC(C)(C)NC(=O)N1CCC(CNS(=O)(=O)c2cccc([N+](=O)[O-])c2)CC1. The largest absolute Gasteiger partial charge is 0.333 e. The van der Waals surface area contributed by atoms with E-state index in [0.717, 1.165) is 6.07 Å². The molecule has 1 aliphatic rings. The van der Waals surface area contributed by atoms with E-state index in [-0.39, 0.29) is 34.6 Å². The number of likely N-dealkylation sites (tertiary alicyclic amines) is 1. The highest BCUT2D eigenvalue weighted by Gasteiger charge is 2.26. The number of carbonyl (C=O) groups is 1. The highest BCUT2D eigenvalue weighted by molar-refractivity contribution is 7.89. The molecule has 27 heavy (non-hydrogen) atoms. The molecule has 1 aromatic carbocycles. The number of carbonyl (C=O) groups excluding carboxylic acids is 1. The molecule has 0 aliphatic carbocycles. The van der Waals surface area contributed by atoms with Gasteiger partial charge >= 0.3 is 6.03 Å². The smallest absolute Gasteiger partial charge is 0.317 e. The number of amides is 2. The Morgan fingerprint density at radius 3 is 2.48 bits per heavy atom. The van der Waals surface area contributed by atoms with Crippen LogP contribution in [0.3, 0.4) is 0 Å². The van der Waals surface area contributed by atoms with Crippen molar-refractivity contribution in [3.63, 3.8) is 0 Å². The molecule has 1 heterocycles. The zero-order chi connectivity index (χ0) is 20.2. The molecule has 1 saturated heterocycles. The molecule has 150 valence electrons. The maximum Gasteiger partial charge on any atom is 0.317 e. The van der Waals surface area contributed by atoms with Gasteiger partial charge in [-0.25, -0.2) is 17.9 Å². The van der Waals surface area contributed by atoms with Crippen LogP contribution in [0, 0.1) is 16.0 Å². The fourth-order valence-electron chi connectivity index (χ4n) is 2.82. The van der Waals surface area contributed by atoms with Crippen LogP contribution in [0.15, 0.2) is 29.2 Å². The summed E-state index contributed by atoms with van der Waals surface area (Å²) in [5, 5.41) is 13.7. The minimum atomic E-state index is -3.82. The number of piperidine rings is 1. The van der Waals surface area contributed by atoms with Gasteiger partial charge in [0.1, 0.15) is 0 Å². The molecular formula is C17H26N4O5S. The van der Waals surface area contributed by atoms with Crippen molar-refractivity contribution in [3.8, 4) is 0 Å². The van der Waals surface area contributed by atoms with Gasteiger partial charge in [0.15, 0.2) is 0 Å². The molecule has 0 atom stereocenters. The normalized spacial score (nSPS) is 16.2. The summed E-state index contributed by atoms with van der Waals surface area (Å²) in [5.41, 5.74) is -0.571. The first-order chi connectivity index (χ1) is 12.5. The van der Waals surface area contributed by atoms with Crippen LogP contribution < -0.4 is 10.0 Å². The number of nitro groups is 1. The van der Waals surface area contributed by atoms with Gasteiger partial charge in [-0.15, -0.1) is 0 Å². The first-order valence-corrected chi connectivity index (χ1v) is 10.3. The summed E-state index contributed by atoms with van der Waals surface area (Å²) in [4.78, 5) is 23.9. The van der Waals surface area contributed by atoms with E-state index in [2.05, 4.69) is 10.0 Å². The van der Waals surface area contributed by atoms with Crippen LogP contribution in [0.25, 0.3) is 0 Å². The number of rotatable bonds is 5. The van der Waals surface area contributed by atoms with E-state index in [4.69, 9.17) is 0 Å². The highest BCUT2D eigenvalue weighted by Crippen LogP contribution is 2.20. The van der Waals surface area contributed by atoms with Crippen molar-refractivity contribution < 1.29 is 18.1 Å². The van der Waals surface area contributed by atoms with Gasteiger partial charge in [-0.3, -0.25) is 10.1 Å². The average molecular weight is 398 g/mol. The van der Waals surface area contributed by atoms with Gasteiger partial charge in [0, 0.05) is 37.3 Å². The summed E-state index contributed by atoms with van der Waals surface area (Å²) in [5.74, 6) is 0.108. The molecule has 2 N–H and O–H groups in total. The van der Waals surface area contributed by atoms with Crippen LogP contribution >= 0.6 is 0 Å². The summed E-state index contributed by atoms with van der Waals surface area (Å²) in [6.07, 6.45) is 1.38. The molecule has 10 heteroatoms. The van der Waals surface area contributed by atoms with Crippen molar-refractivity contribution in [1.82, 2.24) is 14.9 Å². The van der Waals surface area contributed by atoms with E-state index in [1.165, 1.54) is 18.2 Å². The van der Waals surface area contributed by atoms with Gasteiger partial charge in [0.05, 0.1) is 9.82 Å². The Bertz CT molecular complexity index is 796. The zero-order valence-electron chi connectivity index (χ0n) is 15.8. The van der Waals surface area contributed by atoms with Crippen molar-refractivity contribution in [2.75, 3.05) is 19.6 Å². The lowest BCUT2D eigenvalue weighted by atomic mass is 9.97. The average Bonchev–Trinajstić information content (AvgIpc) is 2.59. The Labute approximate surface area is 159 Å². The third-order valence-electron chi connectivity index (χ3n) is 4.28. The molecule has 0 bridgehead atoms. The predicted molar refractivity (Wildman–Crippen MR) is 101 cm³/mol. The lowest BCUT2D eigenvalue weighted by molar-refractivity contribution is -0.385. The van der Waals surface area contributed by atoms with E-state index >= 15 is 0 Å². The number of urea groups is 1. The summed E-state index contributed by atoms with van der Waals surface area (Å²) in [7, 11) is -3.82. The second-order valence-electron chi connectivity index (χ2n) is 7.72. The molecule has 0 radical (unpaired) electrons. The molecule has 0 saturated carbocycles. The second-order valence-corrected chi connectivity index (χ2v) is 9.48. The first kappa shape index (κ1) is 21.1. The summed E-state index contributed by atoms with van der Waals surface area (Å²) >= 11 is 0. The third-order valence-corrected chi connectivity index (χ3v) is 5.71. The number of non-ortho nitro benzene ring substituents is 1. The van der Waals surface area contributed by atoms with E-state index in [1.54, 1.807) is 4.90 Å². The molecular weight excluding hydrogens is 372 g/mol. The Balaban J connectivity index is 1.88. The molecule has 0 aromatic heterocycles. The van der Waals surface area contributed by atoms with Crippen LogP contribution in [0.2, 0.25) is 0 Å². The van der Waals surface area contributed by atoms with Crippen LogP contribution in [0.1, 0.15) is 33.6 Å². The Morgan fingerprint density at radius 2 is 1.93 bits per heavy atom. The van der Waals surface area contributed by atoms with Crippen molar-refractivity contribution in [1.29, 1.82) is 0 Å². The lowest BCUT2D eigenvalue weighted by Gasteiger charge is -2.34. The van der Waals surface area contributed by atoms with Gasteiger partial charge in [-0.2, -0.15) is 0 Å². The van der Waals surface area contributed by atoms with Gasteiger partial charge in [-0.1, -0.05) is 6.07 Å². The quantitative estimate of drug-likeness (QED) is 0.581. The van der Waals surface area contributed by atoms with Crippen molar-refractivity contribution >= 4 is 21.7 Å². The molecule has 9 nitrogen and oxygen atoms in total. The fourth-order valence-corrected chi connectivity index (χ4v) is 3.97. The molecule has 2 amide bonds. The number of hydrogen-bond acceptors (Lipinski definition) is 5. The fraction of sp³-hybridized carbons (Fsp3) is 0.588. The number of nitro benzene ring substituents is 1. The van der Waals surface area contributed by atoms with Crippen molar-refractivity contribution in [3.05, 3.63) is 34.4 Å². The minimum absolute atomic E-state index is 0.108. The Hall–Kier alpha value is -2.20. The lowest BCUT2D eigenvalue weighted by Crippen LogP contribution is -2.51. The Kier molecular flexibility index (Phi) is 6.42. The summed E-state index contributed by atoms with van der Waals surface area (Å²) < 4.78 is 27.3. The molecule has 1 aliphatic heterocycles. The number of hydrogen-bond donors (Lipinski definition) is 2. The van der Waals surface area contributed by atoms with Crippen LogP contribution in [0.5, 0.6) is 0 Å². The zero-order valence-corrected chi connectivity index (χ0v) is 16.6. The number of nitrogens with one attached hydrogen (secondary N) is 2. The van der Waals surface area contributed by atoms with Crippen LogP contribution in [-0.2, 0) is 10.0 Å². The number of nitrogens with zero attached hydrogens (tertiary/aromatic N) is 2. The molecule has 1 aromatic rings. The maximum absolute atomic E-state index is 12.4. The minimum Gasteiger partial charge on any atom is -0.333 e. The van der Waals surface area contributed by atoms with E-state index < -0.39 is 14.9 Å².